The van der Waals surface area contributed by atoms with Gasteiger partial charge in [0.25, 0.3) is 5.69 Å². The highest BCUT2D eigenvalue weighted by molar-refractivity contribution is 5.97. The summed E-state index contributed by atoms with van der Waals surface area (Å²) < 4.78 is 0. The van der Waals surface area contributed by atoms with Gasteiger partial charge in [-0.25, -0.2) is 9.97 Å². The van der Waals surface area contributed by atoms with Gasteiger partial charge in [0.2, 0.25) is 5.95 Å². The van der Waals surface area contributed by atoms with Gasteiger partial charge in [-0.3, -0.25) is 10.1 Å². The molecule has 0 unspecified atom stereocenters. The van der Waals surface area contributed by atoms with Gasteiger partial charge in [0.1, 0.15) is 0 Å². The molecule has 0 atom stereocenters. The molecule has 0 radical (unpaired) electrons. The molecule has 1 saturated heterocycles. The van der Waals surface area contributed by atoms with Gasteiger partial charge in [0.15, 0.2) is 5.52 Å². The van der Waals surface area contributed by atoms with Gasteiger partial charge in [-0.05, 0) is 31.5 Å². The molecule has 0 amide bonds. The topological polar surface area (TPSA) is 91.2 Å². The first-order valence-electron chi connectivity index (χ1n) is 10.1. The molecule has 0 spiro atoms. The van der Waals surface area contributed by atoms with Gasteiger partial charge in [-0.2, -0.15) is 0 Å². The Hall–Kier alpha value is -3.68. The number of nitro benzene ring substituents is 1. The number of para-hydroxylation sites is 3. The standard InChI is InChI=1S/C22H22N6O2/c1-15-14-20(16-6-4-9-19(28(29)30)21(16)23-15)26-10-5-11-27(13-12-26)22-24-17-7-2-3-8-18(17)25-22/h2-4,6-9,14H,5,10-13H2,1H3,(H,24,25). The number of benzene rings is 2. The molecule has 3 heterocycles. The van der Waals surface area contributed by atoms with Crippen LogP contribution < -0.4 is 9.80 Å². The van der Waals surface area contributed by atoms with Crippen LogP contribution in [-0.4, -0.2) is 46.1 Å². The number of nitro groups is 1. The number of hydrogen-bond acceptors (Lipinski definition) is 6. The Bertz CT molecular complexity index is 1220. The van der Waals surface area contributed by atoms with Gasteiger partial charge in [-0.15, -0.1) is 0 Å². The second-order valence-corrected chi connectivity index (χ2v) is 7.62. The smallest absolute Gasteiger partial charge is 0.295 e. The molecule has 8 nitrogen and oxygen atoms in total. The Morgan fingerprint density at radius 1 is 1.00 bits per heavy atom. The zero-order valence-corrected chi connectivity index (χ0v) is 16.7. The second kappa shape index (κ2) is 7.29. The fourth-order valence-electron chi connectivity index (χ4n) is 4.21. The highest BCUT2D eigenvalue weighted by atomic mass is 16.6. The van der Waals surface area contributed by atoms with Gasteiger partial charge >= 0.3 is 0 Å². The van der Waals surface area contributed by atoms with Gasteiger partial charge in [-0.1, -0.05) is 24.3 Å². The molecule has 0 aliphatic carbocycles. The van der Waals surface area contributed by atoms with Crippen LogP contribution in [0.1, 0.15) is 12.1 Å². The van der Waals surface area contributed by atoms with Crippen molar-refractivity contribution in [2.24, 2.45) is 0 Å². The first kappa shape index (κ1) is 18.4. The van der Waals surface area contributed by atoms with E-state index >= 15 is 0 Å². The van der Waals surface area contributed by atoms with Gasteiger partial charge in [0, 0.05) is 49.0 Å². The third-order valence-electron chi connectivity index (χ3n) is 5.63. The molecule has 5 rings (SSSR count). The number of anilines is 2. The molecule has 0 saturated carbocycles. The van der Waals surface area contributed by atoms with Crippen molar-refractivity contribution in [1.82, 2.24) is 15.0 Å². The summed E-state index contributed by atoms with van der Waals surface area (Å²) in [7, 11) is 0. The van der Waals surface area contributed by atoms with Crippen molar-refractivity contribution in [2.75, 3.05) is 36.0 Å². The third kappa shape index (κ3) is 3.20. The summed E-state index contributed by atoms with van der Waals surface area (Å²) in [6.07, 6.45) is 0.967. The van der Waals surface area contributed by atoms with Crippen LogP contribution in [0.4, 0.5) is 17.3 Å². The molecule has 1 aliphatic rings. The van der Waals surface area contributed by atoms with Crippen LogP contribution in [0.5, 0.6) is 0 Å². The Labute approximate surface area is 173 Å². The van der Waals surface area contributed by atoms with E-state index in [4.69, 9.17) is 4.98 Å². The Kier molecular flexibility index (Phi) is 4.46. The number of aromatic nitrogens is 3. The number of non-ortho nitro benzene ring substituents is 1. The molecule has 8 heteroatoms. The number of nitrogens with one attached hydrogen (secondary N) is 1. The summed E-state index contributed by atoms with van der Waals surface area (Å²) in [5.74, 6) is 0.893. The lowest BCUT2D eigenvalue weighted by Crippen LogP contribution is -2.31. The molecule has 1 fully saturated rings. The predicted octanol–water partition coefficient (Wildman–Crippen LogP) is 4.04. The van der Waals surface area contributed by atoms with Crippen molar-refractivity contribution in [1.29, 1.82) is 0 Å². The number of pyridine rings is 1. The quantitative estimate of drug-likeness (QED) is 0.411. The highest BCUT2D eigenvalue weighted by Crippen LogP contribution is 2.33. The number of hydrogen-bond donors (Lipinski definition) is 1. The normalized spacial score (nSPS) is 15.0. The Morgan fingerprint density at radius 3 is 2.63 bits per heavy atom. The van der Waals surface area contributed by atoms with E-state index in [9.17, 15) is 10.1 Å². The molecular weight excluding hydrogens is 380 g/mol. The van der Waals surface area contributed by atoms with E-state index in [0.29, 0.717) is 5.52 Å². The van der Waals surface area contributed by atoms with E-state index in [-0.39, 0.29) is 10.6 Å². The largest absolute Gasteiger partial charge is 0.369 e. The minimum absolute atomic E-state index is 0.0520. The number of imidazole rings is 1. The Morgan fingerprint density at radius 2 is 1.80 bits per heavy atom. The lowest BCUT2D eigenvalue weighted by atomic mass is 10.1. The maximum absolute atomic E-state index is 11.5. The molecule has 2 aromatic heterocycles. The molecule has 2 aromatic carbocycles. The summed E-state index contributed by atoms with van der Waals surface area (Å²) >= 11 is 0. The van der Waals surface area contributed by atoms with Crippen LogP contribution >= 0.6 is 0 Å². The average Bonchev–Trinajstić information content (AvgIpc) is 3.02. The van der Waals surface area contributed by atoms with Gasteiger partial charge < -0.3 is 14.8 Å². The van der Waals surface area contributed by atoms with E-state index < -0.39 is 0 Å². The summed E-state index contributed by atoms with van der Waals surface area (Å²) in [4.78, 5) is 28.3. The fourth-order valence-corrected chi connectivity index (χ4v) is 4.21. The van der Waals surface area contributed by atoms with Gasteiger partial charge in [0.05, 0.1) is 16.0 Å². The minimum atomic E-state index is -0.357. The molecule has 1 N–H and O–H groups in total. The van der Waals surface area contributed by atoms with Crippen molar-refractivity contribution >= 4 is 39.3 Å². The zero-order valence-electron chi connectivity index (χ0n) is 16.7. The molecular formula is C22H22N6O2. The first-order chi connectivity index (χ1) is 14.6. The molecule has 30 heavy (non-hydrogen) atoms. The Balaban J connectivity index is 1.46. The van der Waals surface area contributed by atoms with Crippen molar-refractivity contribution < 1.29 is 4.92 Å². The van der Waals surface area contributed by atoms with Crippen LogP contribution in [0.3, 0.4) is 0 Å². The van der Waals surface area contributed by atoms with Crippen molar-refractivity contribution in [2.45, 2.75) is 13.3 Å². The maximum Gasteiger partial charge on any atom is 0.295 e. The first-order valence-corrected chi connectivity index (χ1v) is 10.1. The van der Waals surface area contributed by atoms with Crippen molar-refractivity contribution in [3.05, 3.63) is 64.3 Å². The van der Waals surface area contributed by atoms with Crippen LogP contribution in [0.25, 0.3) is 21.9 Å². The van der Waals surface area contributed by atoms with Crippen LogP contribution in [0.2, 0.25) is 0 Å². The van der Waals surface area contributed by atoms with Crippen molar-refractivity contribution in [3.8, 4) is 0 Å². The number of rotatable bonds is 3. The summed E-state index contributed by atoms with van der Waals surface area (Å²) in [6, 6.07) is 15.3. The second-order valence-electron chi connectivity index (χ2n) is 7.62. The number of aryl methyl sites for hydroxylation is 1. The average molecular weight is 402 g/mol. The van der Waals surface area contributed by atoms with Crippen molar-refractivity contribution in [3.63, 3.8) is 0 Å². The number of fused-ring (bicyclic) bond motifs is 2. The summed E-state index contributed by atoms with van der Waals surface area (Å²) in [5.41, 5.74) is 4.30. The van der Waals surface area contributed by atoms with Crippen LogP contribution in [0.15, 0.2) is 48.5 Å². The molecule has 0 bridgehead atoms. The van der Waals surface area contributed by atoms with Crippen LogP contribution in [-0.2, 0) is 0 Å². The summed E-state index contributed by atoms with van der Waals surface area (Å²) in [6.45, 7) is 5.28. The SMILES string of the molecule is Cc1cc(N2CCCN(c3nc4ccccc4[nH]3)CC2)c2cccc([N+](=O)[O-])c2n1. The van der Waals surface area contributed by atoms with Crippen LogP contribution in [0, 0.1) is 17.0 Å². The zero-order chi connectivity index (χ0) is 20.7. The fraction of sp³-hybridized carbons (Fsp3) is 0.273. The van der Waals surface area contributed by atoms with E-state index in [1.165, 1.54) is 6.07 Å². The maximum atomic E-state index is 11.5. The monoisotopic (exact) mass is 402 g/mol. The number of H-pyrrole nitrogens is 1. The predicted molar refractivity (Wildman–Crippen MR) is 118 cm³/mol. The van der Waals surface area contributed by atoms with E-state index in [1.807, 2.05) is 43.3 Å². The lowest BCUT2D eigenvalue weighted by molar-refractivity contribution is -0.383. The van der Waals surface area contributed by atoms with E-state index in [2.05, 4.69) is 19.8 Å². The highest BCUT2D eigenvalue weighted by Gasteiger charge is 2.22. The molecule has 4 aromatic rings. The summed E-state index contributed by atoms with van der Waals surface area (Å²) in [5, 5.41) is 12.3. The molecule has 152 valence electrons. The lowest BCUT2D eigenvalue weighted by Gasteiger charge is -2.25. The third-order valence-corrected chi connectivity index (χ3v) is 5.63. The number of nitrogens with zero attached hydrogens (tertiary/aromatic N) is 5. The molecule has 1 aliphatic heterocycles. The van der Waals surface area contributed by atoms with E-state index in [1.54, 1.807) is 6.07 Å². The number of aromatic amines is 1. The van der Waals surface area contributed by atoms with E-state index in [0.717, 1.165) is 66.3 Å². The minimum Gasteiger partial charge on any atom is -0.369 e.